The van der Waals surface area contributed by atoms with Gasteiger partial charge in [0, 0.05) is 108 Å². The van der Waals surface area contributed by atoms with Gasteiger partial charge in [-0.1, -0.05) is 164 Å². The van der Waals surface area contributed by atoms with Crippen LogP contribution in [0.4, 0.5) is 44.9 Å². The molecule has 6 aromatic heterocycles. The quantitative estimate of drug-likeness (QED) is 0.0203. The number of halogens is 1. The van der Waals surface area contributed by atoms with Crippen LogP contribution in [0.25, 0.3) is 66.9 Å². The predicted molar refractivity (Wildman–Crippen MR) is 488 cm³/mol. The first-order valence-corrected chi connectivity index (χ1v) is 41.3. The second-order valence-corrected chi connectivity index (χ2v) is 31.6. The molecule has 0 radical (unpaired) electrons. The van der Waals surface area contributed by atoms with Crippen LogP contribution >= 0.6 is 11.6 Å². The lowest BCUT2D eigenvalue weighted by Gasteiger charge is -2.22. The molecule has 0 saturated carbocycles. The van der Waals surface area contributed by atoms with E-state index in [-0.39, 0.29) is 54.8 Å². The summed E-state index contributed by atoms with van der Waals surface area (Å²) in [6, 6.07) is 56.9. The number of aromatic nitrogens is 12. The normalized spacial score (nSPS) is 12.1. The van der Waals surface area contributed by atoms with Gasteiger partial charge in [0.15, 0.2) is 50.9 Å². The highest BCUT2D eigenvalue weighted by Gasteiger charge is 2.23. The summed E-state index contributed by atoms with van der Waals surface area (Å²) in [5, 5.41) is 35.9. The van der Waals surface area contributed by atoms with E-state index in [4.69, 9.17) is 41.0 Å². The van der Waals surface area contributed by atoms with Crippen LogP contribution in [0.2, 0.25) is 0 Å². The van der Waals surface area contributed by atoms with Gasteiger partial charge in [0.1, 0.15) is 11.2 Å². The number of hydrogen-bond donors (Lipinski definition) is 12. The van der Waals surface area contributed by atoms with Gasteiger partial charge in [-0.15, -0.1) is 11.6 Å². The molecule has 0 aliphatic rings. The highest BCUT2D eigenvalue weighted by atomic mass is 35.5. The summed E-state index contributed by atoms with van der Waals surface area (Å²) in [5.41, 5.74) is 25.3. The summed E-state index contributed by atoms with van der Waals surface area (Å²) in [4.78, 5) is 76.3. The molecule has 4 atom stereocenters. The van der Waals surface area contributed by atoms with Crippen molar-refractivity contribution in [3.05, 3.63) is 199 Å². The molecule has 29 nitrogen and oxygen atoms in total. The predicted octanol–water partition coefficient (Wildman–Crippen LogP) is 16.8. The minimum absolute atomic E-state index is 0.00819. The number of hydrogen-bond acceptors (Lipinski definition) is 23. The number of rotatable bonds is 28. The molecule has 120 heavy (non-hydrogen) atoms. The summed E-state index contributed by atoms with van der Waals surface area (Å²) in [5.74, 6) is 3.47. The summed E-state index contributed by atoms with van der Waals surface area (Å²) < 4.78 is 16.4. The van der Waals surface area contributed by atoms with E-state index in [9.17, 15) is 14.4 Å². The first kappa shape index (κ1) is 95.1. The number of benzene rings is 6. The monoisotopic (exact) mass is 1660 g/mol. The number of nitrogens with one attached hydrogen (secondary N) is 9. The third-order valence-corrected chi connectivity index (χ3v) is 17.5. The zero-order valence-corrected chi connectivity index (χ0v) is 73.7. The smallest absolute Gasteiger partial charge is 0.407 e. The van der Waals surface area contributed by atoms with Crippen molar-refractivity contribution < 1.29 is 29.0 Å². The lowest BCUT2D eigenvalue weighted by molar-refractivity contribution is -0.119. The Balaban J connectivity index is 0.000000227. The molecule has 6 heterocycles. The van der Waals surface area contributed by atoms with E-state index in [1.807, 2.05) is 132 Å². The van der Waals surface area contributed by atoms with Crippen LogP contribution in [0.5, 0.6) is 0 Å². The second-order valence-electron chi connectivity index (χ2n) is 31.6. The van der Waals surface area contributed by atoms with E-state index in [0.29, 0.717) is 86.6 Å². The maximum Gasteiger partial charge on any atom is 0.407 e. The molecule has 12 aromatic rings. The number of nitrogens with zero attached hydrogens (tertiary/aromatic N) is 12. The second kappa shape index (κ2) is 46.9. The molecule has 0 bridgehead atoms. The number of aliphatic hydroxyl groups excluding tert-OH is 1. The standard InChI is InChI=1S/C29H37N7O2.C26H31N7O.C24H29N7.C8H18N2O2.C2H6O.CH3Cl/c1-19(2)36-18-32-24-25(30-17-21-12-14-23(15-13-21)22-10-8-7-9-11-22)34-27(35-26(24)36)31-16-20(3)33-28(37)38-29(4,5)6;1-17(2)33-16-29-23-24(31-26(32-25(23)33)28-14-18(3)30-19(4)34)27-15-20-10-12-22(13-11-20)21-8-6-5-7-9-21;1-16(2)31-15-28-21-22(29-24(30-23(21)31)27-13-17(3)25)26-14-18-9-11-20(12-10-18)19-7-5-4-6-8-19;1-6(5-9)10-7(11)12-8(2,3)4;1-2-3;1-2/h7-15,18-20H,16-17H2,1-6H3,(H,33,37)(H2,30,31,34,35);5-13,16-18H,14-15H2,1-4H3,(H,30,34)(H2,27,28,31,32);4-12,15-17H,13-14,25H2,1-3H3,(H2,26,27,29,30);6H,5,9H2,1-4H3,(H,10,11);3H,2H2,1H3;1H3/t20-;18-;17-;6-;;/m0000../s1. The summed E-state index contributed by atoms with van der Waals surface area (Å²) >= 11 is 4.64. The number of nitrogens with two attached hydrogens (primary N) is 2. The van der Waals surface area contributed by atoms with E-state index in [2.05, 4.69) is 252 Å². The van der Waals surface area contributed by atoms with Gasteiger partial charge in [0.25, 0.3) is 0 Å². The van der Waals surface area contributed by atoms with Crippen molar-refractivity contribution in [1.82, 2.24) is 74.5 Å². The van der Waals surface area contributed by atoms with Crippen LogP contribution in [0.15, 0.2) is 183 Å². The SMILES string of the molecule is CC(=O)N[C@@H](C)CNc1nc(NCc2ccc(-c3ccccc3)cc2)c2ncn(C(C)C)c2n1.CC(C)n1cnc2c(NCc3ccc(-c4ccccc4)cc3)nc(NC[C@H](C)N)nc21.CC(C)n1cnc2c(NCc3ccc(-c4ccccc4)cc3)nc(NC[C@H](C)NC(=O)OC(C)(C)C)nc21.CCO.CCl.C[C@@H](CN)NC(=O)OC(C)(C)C. The van der Waals surface area contributed by atoms with Crippen LogP contribution < -0.4 is 59.3 Å². The van der Waals surface area contributed by atoms with E-state index in [0.717, 1.165) is 39.1 Å². The molecule has 0 aliphatic carbocycles. The zero-order valence-electron chi connectivity index (χ0n) is 72.9. The van der Waals surface area contributed by atoms with E-state index in [1.54, 1.807) is 19.6 Å². The van der Waals surface area contributed by atoms with Gasteiger partial charge in [-0.05, 0) is 168 Å². The van der Waals surface area contributed by atoms with Crippen molar-refractivity contribution >= 4 is 98.5 Å². The number of fused-ring (bicyclic) bond motifs is 3. The molecule has 0 fully saturated rings. The molecule has 0 aliphatic heterocycles. The van der Waals surface area contributed by atoms with E-state index < -0.39 is 23.4 Å². The van der Waals surface area contributed by atoms with Crippen molar-refractivity contribution in [3.8, 4) is 33.4 Å². The lowest BCUT2D eigenvalue weighted by Crippen LogP contribution is -2.41. The average molecular weight is 1660 g/mol. The fraction of sp³-hybridized carbons (Fsp3) is 0.400. The van der Waals surface area contributed by atoms with Gasteiger partial charge in [-0.3, -0.25) is 4.79 Å². The number of carbonyl (C=O) groups excluding carboxylic acids is 3. The molecule has 14 N–H and O–H groups in total. The van der Waals surface area contributed by atoms with Crippen LogP contribution in [0.3, 0.4) is 0 Å². The topological polar surface area (TPSA) is 381 Å². The van der Waals surface area contributed by atoms with Crippen molar-refractivity contribution in [1.29, 1.82) is 0 Å². The molecule has 642 valence electrons. The van der Waals surface area contributed by atoms with Gasteiger partial charge in [-0.2, -0.15) is 29.9 Å². The molecule has 0 saturated heterocycles. The fourth-order valence-electron chi connectivity index (χ4n) is 11.7. The number of amides is 3. The highest BCUT2D eigenvalue weighted by molar-refractivity contribution is 6.15. The van der Waals surface area contributed by atoms with Crippen LogP contribution in [0.1, 0.15) is 159 Å². The zero-order chi connectivity index (χ0) is 87.6. The molecule has 0 unspecified atom stereocenters. The van der Waals surface area contributed by atoms with E-state index in [1.165, 1.54) is 52.3 Å². The van der Waals surface area contributed by atoms with Crippen LogP contribution in [-0.4, -0.2) is 156 Å². The number of alkyl carbamates (subject to hydrolysis) is 2. The summed E-state index contributed by atoms with van der Waals surface area (Å²) in [6.45, 7) is 38.4. The Bertz CT molecular complexity index is 5070. The largest absolute Gasteiger partial charge is 0.444 e. The third kappa shape index (κ3) is 30.7. The molecular weight excluding hydrogens is 1530 g/mol. The molecule has 12 rings (SSSR count). The Hall–Kier alpha value is -12.1. The van der Waals surface area contributed by atoms with Gasteiger partial charge in [0.05, 0.1) is 19.0 Å². The Labute approximate surface area is 711 Å². The first-order valence-electron chi connectivity index (χ1n) is 40.6. The Morgan fingerprint density at radius 2 is 0.675 bits per heavy atom. The third-order valence-electron chi connectivity index (χ3n) is 17.5. The van der Waals surface area contributed by atoms with Crippen molar-refractivity contribution in [2.45, 2.75) is 198 Å². The maximum atomic E-state index is 12.1. The highest BCUT2D eigenvalue weighted by Crippen LogP contribution is 2.30. The first-order chi connectivity index (χ1) is 57.3. The number of anilines is 6. The number of carbonyl (C=O) groups is 3. The Morgan fingerprint density at radius 1 is 0.408 bits per heavy atom. The Kier molecular flexibility index (Phi) is 37.2. The molecular formula is C90H124ClN23O6. The van der Waals surface area contributed by atoms with Crippen LogP contribution in [-0.2, 0) is 33.9 Å². The van der Waals surface area contributed by atoms with Crippen molar-refractivity contribution in [2.24, 2.45) is 11.5 Å². The van der Waals surface area contributed by atoms with Gasteiger partial charge < -0.3 is 87.6 Å². The van der Waals surface area contributed by atoms with Crippen molar-refractivity contribution in [3.63, 3.8) is 0 Å². The van der Waals surface area contributed by atoms with Gasteiger partial charge in [-0.25, -0.2) is 24.5 Å². The van der Waals surface area contributed by atoms with Gasteiger partial charge in [0.2, 0.25) is 23.8 Å². The fourth-order valence-corrected chi connectivity index (χ4v) is 11.7. The molecule has 3 amide bonds. The van der Waals surface area contributed by atoms with E-state index >= 15 is 0 Å². The Morgan fingerprint density at radius 3 is 0.933 bits per heavy atom. The lowest BCUT2D eigenvalue weighted by atomic mass is 10.0. The minimum atomic E-state index is -0.553. The van der Waals surface area contributed by atoms with Crippen molar-refractivity contribution in [2.75, 3.05) is 71.1 Å². The number of ether oxygens (including phenoxy) is 2. The number of alkyl halides is 1. The summed E-state index contributed by atoms with van der Waals surface area (Å²) in [7, 11) is 0. The minimum Gasteiger partial charge on any atom is -0.444 e. The molecule has 0 spiro atoms. The van der Waals surface area contributed by atoms with Crippen LogP contribution in [0, 0.1) is 0 Å². The molecule has 30 heteroatoms. The number of aliphatic hydroxyl groups is 1. The maximum absolute atomic E-state index is 12.1. The van der Waals surface area contributed by atoms with Gasteiger partial charge >= 0.3 is 12.2 Å². The summed E-state index contributed by atoms with van der Waals surface area (Å²) in [6.07, 6.45) is 6.01. The number of imidazole rings is 3. The average Bonchev–Trinajstić information content (AvgIpc) is 1.63. The molecule has 6 aromatic carbocycles.